The van der Waals surface area contributed by atoms with Crippen LogP contribution in [-0.4, -0.2) is 38.4 Å². The molecule has 1 amide bonds. The SMILES string of the molecule is C=C/C(C(=C)C)=C(\C=C)c1cc(=O)n([C@H](Cc2ccn(C3CC3)n2)C(=O)Nc2ccc(C(=O)O)cc2)cc1OC. The molecule has 1 fully saturated rings. The number of aromatic carboxylic acids is 1. The fourth-order valence-corrected chi connectivity index (χ4v) is 4.49. The first-order valence-electron chi connectivity index (χ1n) is 12.8. The molecule has 0 radical (unpaired) electrons. The Morgan fingerprint density at radius 3 is 2.45 bits per heavy atom. The summed E-state index contributed by atoms with van der Waals surface area (Å²) in [7, 11) is 1.49. The molecular formula is C31H32N4O5. The second-order valence-electron chi connectivity index (χ2n) is 9.63. The third-order valence-electron chi connectivity index (χ3n) is 6.74. The van der Waals surface area contributed by atoms with Crippen molar-refractivity contribution < 1.29 is 19.4 Å². The molecule has 9 nitrogen and oxygen atoms in total. The lowest BCUT2D eigenvalue weighted by atomic mass is 9.95. The zero-order valence-electron chi connectivity index (χ0n) is 22.6. The smallest absolute Gasteiger partial charge is 0.335 e. The van der Waals surface area contributed by atoms with Crippen molar-refractivity contribution in [2.45, 2.75) is 38.3 Å². The predicted octanol–water partition coefficient (Wildman–Crippen LogP) is 5.21. The van der Waals surface area contributed by atoms with Gasteiger partial charge in [-0.2, -0.15) is 5.10 Å². The molecule has 1 saturated carbocycles. The number of nitrogens with zero attached hydrogens (tertiary/aromatic N) is 3. The van der Waals surface area contributed by atoms with E-state index in [9.17, 15) is 19.5 Å². The van der Waals surface area contributed by atoms with Gasteiger partial charge >= 0.3 is 5.97 Å². The number of carboxylic acids is 1. The average Bonchev–Trinajstić information content (AvgIpc) is 3.68. The Hall–Kier alpha value is -4.92. The lowest BCUT2D eigenvalue weighted by Gasteiger charge is -2.21. The fraction of sp³-hybridized carbons (Fsp3) is 0.226. The first-order chi connectivity index (χ1) is 19.2. The van der Waals surface area contributed by atoms with E-state index in [1.807, 2.05) is 23.9 Å². The van der Waals surface area contributed by atoms with Crippen LogP contribution in [0.25, 0.3) is 5.57 Å². The van der Waals surface area contributed by atoms with Crippen LogP contribution in [0.3, 0.4) is 0 Å². The van der Waals surface area contributed by atoms with Gasteiger partial charge in [0, 0.05) is 29.9 Å². The van der Waals surface area contributed by atoms with Crippen molar-refractivity contribution in [3.8, 4) is 5.75 Å². The second kappa shape index (κ2) is 11.9. The minimum atomic E-state index is -1.07. The van der Waals surface area contributed by atoms with Crippen LogP contribution in [-0.2, 0) is 11.2 Å². The standard InChI is InChI=1S/C31H32N4O5/c1-6-24(19(3)4)25(7-2)26-17-29(36)34(18-28(26)40-5)27(16-22-14-15-35(33-22)23-12-13-23)30(37)32-21-10-8-20(9-11-21)31(38)39/h6-11,14-15,17-18,23,27H,1-3,12-13,16H2,4-5H3,(H,32,37)(H,38,39)/b25-24-/t27-/m1/s1. The number of carboxylic acid groups (broad SMARTS) is 1. The summed E-state index contributed by atoms with van der Waals surface area (Å²) >= 11 is 0. The molecular weight excluding hydrogens is 508 g/mol. The van der Waals surface area contributed by atoms with Crippen LogP contribution in [0.4, 0.5) is 5.69 Å². The van der Waals surface area contributed by atoms with Crippen LogP contribution in [0.1, 0.15) is 53.5 Å². The first kappa shape index (κ1) is 28.1. The summed E-state index contributed by atoms with van der Waals surface area (Å²) in [6.07, 6.45) is 8.92. The number of anilines is 1. The number of aromatic nitrogens is 3. The van der Waals surface area contributed by atoms with E-state index in [0.29, 0.717) is 34.3 Å². The highest BCUT2D eigenvalue weighted by molar-refractivity contribution is 5.95. The van der Waals surface area contributed by atoms with Gasteiger partial charge in [0.1, 0.15) is 11.8 Å². The molecule has 1 atom stereocenters. The topological polar surface area (TPSA) is 115 Å². The van der Waals surface area contributed by atoms with E-state index in [1.54, 1.807) is 12.2 Å². The number of hydrogen-bond acceptors (Lipinski definition) is 5. The summed E-state index contributed by atoms with van der Waals surface area (Å²) in [5.74, 6) is -1.17. The molecule has 0 bridgehead atoms. The number of carbonyl (C=O) groups excluding carboxylic acids is 1. The third kappa shape index (κ3) is 6.04. The van der Waals surface area contributed by atoms with Crippen molar-refractivity contribution >= 4 is 23.1 Å². The Morgan fingerprint density at radius 2 is 1.90 bits per heavy atom. The Morgan fingerprint density at radius 1 is 1.20 bits per heavy atom. The van der Waals surface area contributed by atoms with E-state index >= 15 is 0 Å². The highest BCUT2D eigenvalue weighted by Crippen LogP contribution is 2.34. The van der Waals surface area contributed by atoms with Gasteiger partial charge in [-0.25, -0.2) is 4.79 Å². The largest absolute Gasteiger partial charge is 0.495 e. The highest BCUT2D eigenvalue weighted by Gasteiger charge is 2.28. The normalized spacial score (nSPS) is 14.1. The van der Waals surface area contributed by atoms with Gasteiger partial charge in [-0.3, -0.25) is 18.8 Å². The monoisotopic (exact) mass is 540 g/mol. The van der Waals surface area contributed by atoms with Crippen molar-refractivity contribution in [3.63, 3.8) is 0 Å². The number of carbonyl (C=O) groups is 2. The maximum Gasteiger partial charge on any atom is 0.335 e. The van der Waals surface area contributed by atoms with Crippen molar-refractivity contribution in [2.24, 2.45) is 0 Å². The molecule has 0 spiro atoms. The molecule has 2 N–H and O–H groups in total. The molecule has 2 heterocycles. The highest BCUT2D eigenvalue weighted by atomic mass is 16.5. The van der Waals surface area contributed by atoms with Gasteiger partial charge < -0.3 is 15.2 Å². The Balaban J connectivity index is 1.77. The van der Waals surface area contributed by atoms with Crippen molar-refractivity contribution in [3.05, 3.63) is 119 Å². The second-order valence-corrected chi connectivity index (χ2v) is 9.63. The summed E-state index contributed by atoms with van der Waals surface area (Å²) in [4.78, 5) is 38.4. The van der Waals surface area contributed by atoms with Crippen LogP contribution < -0.4 is 15.6 Å². The Labute approximate surface area is 232 Å². The number of methoxy groups -OCH3 is 1. The Kier molecular flexibility index (Phi) is 8.33. The number of amides is 1. The van der Waals surface area contributed by atoms with E-state index < -0.39 is 23.5 Å². The molecule has 1 aromatic carbocycles. The van der Waals surface area contributed by atoms with E-state index in [1.165, 1.54) is 48.2 Å². The molecule has 9 heteroatoms. The van der Waals surface area contributed by atoms with Crippen LogP contribution in [0, 0.1) is 0 Å². The van der Waals surface area contributed by atoms with Crippen molar-refractivity contribution in [1.29, 1.82) is 0 Å². The van der Waals surface area contributed by atoms with Gasteiger partial charge in [0.25, 0.3) is 5.56 Å². The molecule has 0 aliphatic heterocycles. The number of allylic oxidation sites excluding steroid dienone is 5. The molecule has 206 valence electrons. The molecule has 0 unspecified atom stereocenters. The lowest BCUT2D eigenvalue weighted by Crippen LogP contribution is -2.34. The van der Waals surface area contributed by atoms with Gasteiger partial charge in [0.2, 0.25) is 5.91 Å². The predicted molar refractivity (Wildman–Crippen MR) is 155 cm³/mol. The summed E-state index contributed by atoms with van der Waals surface area (Å²) in [5, 5.41) is 16.6. The van der Waals surface area contributed by atoms with Gasteiger partial charge in [0.15, 0.2) is 0 Å². The number of rotatable bonds is 12. The molecule has 40 heavy (non-hydrogen) atoms. The van der Waals surface area contributed by atoms with Crippen LogP contribution in [0.5, 0.6) is 5.75 Å². The molecule has 1 aliphatic carbocycles. The number of nitrogens with one attached hydrogen (secondary N) is 1. The maximum absolute atomic E-state index is 13.6. The minimum absolute atomic E-state index is 0.0939. The minimum Gasteiger partial charge on any atom is -0.495 e. The molecule has 1 aliphatic rings. The van der Waals surface area contributed by atoms with Crippen molar-refractivity contribution in [2.75, 3.05) is 12.4 Å². The summed E-state index contributed by atoms with van der Waals surface area (Å²) in [5.41, 5.74) is 3.31. The quantitative estimate of drug-likeness (QED) is 0.305. The molecule has 0 saturated heterocycles. The number of hydrogen-bond donors (Lipinski definition) is 2. The van der Waals surface area contributed by atoms with E-state index in [2.05, 4.69) is 30.2 Å². The maximum atomic E-state index is 13.6. The number of benzene rings is 1. The number of ether oxygens (including phenoxy) is 1. The summed E-state index contributed by atoms with van der Waals surface area (Å²) in [6.45, 7) is 13.6. The van der Waals surface area contributed by atoms with Gasteiger partial charge in [-0.05, 0) is 61.2 Å². The molecule has 2 aromatic heterocycles. The summed E-state index contributed by atoms with van der Waals surface area (Å²) in [6, 6.07) is 8.45. The third-order valence-corrected chi connectivity index (χ3v) is 6.74. The Bertz CT molecular complexity index is 1570. The lowest BCUT2D eigenvalue weighted by molar-refractivity contribution is -0.119. The number of pyridine rings is 1. The van der Waals surface area contributed by atoms with E-state index in [4.69, 9.17) is 4.74 Å². The van der Waals surface area contributed by atoms with E-state index in [-0.39, 0.29) is 12.0 Å². The van der Waals surface area contributed by atoms with Crippen molar-refractivity contribution in [1.82, 2.24) is 14.3 Å². The average molecular weight is 541 g/mol. The summed E-state index contributed by atoms with van der Waals surface area (Å²) < 4.78 is 8.88. The van der Waals surface area contributed by atoms with Crippen LogP contribution in [0.2, 0.25) is 0 Å². The van der Waals surface area contributed by atoms with Gasteiger partial charge in [-0.1, -0.05) is 37.5 Å². The molecule has 4 rings (SSSR count). The van der Waals surface area contributed by atoms with Crippen LogP contribution in [0.15, 0.2) is 96.6 Å². The van der Waals surface area contributed by atoms with Gasteiger partial charge in [-0.15, -0.1) is 0 Å². The zero-order chi connectivity index (χ0) is 29.0. The van der Waals surface area contributed by atoms with Gasteiger partial charge in [0.05, 0.1) is 30.6 Å². The fourth-order valence-electron chi connectivity index (χ4n) is 4.49. The zero-order valence-corrected chi connectivity index (χ0v) is 22.6. The van der Waals surface area contributed by atoms with Crippen LogP contribution >= 0.6 is 0 Å². The molecule has 3 aromatic rings. The first-order valence-corrected chi connectivity index (χ1v) is 12.8. The van der Waals surface area contributed by atoms with E-state index in [0.717, 1.165) is 24.0 Å².